The van der Waals surface area contributed by atoms with Crippen molar-refractivity contribution in [2.75, 3.05) is 0 Å². The number of imidazole rings is 1. The zero-order valence-corrected chi connectivity index (χ0v) is 11.3. The molecule has 3 N–H and O–H groups in total. The van der Waals surface area contributed by atoms with Crippen LogP contribution in [0.15, 0.2) is 29.1 Å². The molecule has 0 aliphatic carbocycles. The van der Waals surface area contributed by atoms with E-state index in [1.165, 1.54) is 12.6 Å². The monoisotopic (exact) mass is 276 g/mol. The molecule has 0 radical (unpaired) electrons. The molecule has 2 heterocycles. The van der Waals surface area contributed by atoms with Crippen molar-refractivity contribution in [2.45, 2.75) is 26.4 Å². The summed E-state index contributed by atoms with van der Waals surface area (Å²) >= 11 is 0. The third-order valence-electron chi connectivity index (χ3n) is 2.50. The number of aromatic nitrogens is 2. The van der Waals surface area contributed by atoms with Crippen LogP contribution in [0.3, 0.4) is 0 Å². The van der Waals surface area contributed by atoms with Gasteiger partial charge in [0.1, 0.15) is 11.5 Å². The van der Waals surface area contributed by atoms with Gasteiger partial charge in [-0.2, -0.15) is 0 Å². The predicted molar refractivity (Wildman–Crippen MR) is 71.1 cm³/mol. The van der Waals surface area contributed by atoms with Crippen LogP contribution in [0.25, 0.3) is 0 Å². The van der Waals surface area contributed by atoms with Crippen LogP contribution in [0, 0.1) is 0 Å². The molecule has 0 aromatic carbocycles. The molecule has 106 valence electrons. The first kappa shape index (κ1) is 13.9. The van der Waals surface area contributed by atoms with E-state index in [0.29, 0.717) is 5.76 Å². The summed E-state index contributed by atoms with van der Waals surface area (Å²) in [6.07, 6.45) is 2.84. The van der Waals surface area contributed by atoms with Crippen LogP contribution in [-0.2, 0) is 6.54 Å². The van der Waals surface area contributed by atoms with Gasteiger partial charge >= 0.3 is 0 Å². The van der Waals surface area contributed by atoms with Gasteiger partial charge in [0.05, 0.1) is 19.1 Å². The van der Waals surface area contributed by atoms with Gasteiger partial charge in [0.25, 0.3) is 11.8 Å². The fourth-order valence-corrected chi connectivity index (χ4v) is 1.64. The largest absolute Gasteiger partial charge is 0.467 e. The second kappa shape index (κ2) is 6.05. The van der Waals surface area contributed by atoms with E-state index in [2.05, 4.69) is 20.6 Å². The lowest BCUT2D eigenvalue weighted by atomic mass is 10.2. The number of furan rings is 1. The molecule has 20 heavy (non-hydrogen) atoms. The van der Waals surface area contributed by atoms with Crippen LogP contribution in [0.2, 0.25) is 0 Å². The van der Waals surface area contributed by atoms with E-state index < -0.39 is 5.91 Å². The number of H-pyrrole nitrogens is 1. The van der Waals surface area contributed by atoms with Crippen molar-refractivity contribution in [2.24, 2.45) is 0 Å². The summed E-state index contributed by atoms with van der Waals surface area (Å²) < 4.78 is 5.11. The highest BCUT2D eigenvalue weighted by atomic mass is 16.3. The van der Waals surface area contributed by atoms with Gasteiger partial charge in [0.15, 0.2) is 5.69 Å². The summed E-state index contributed by atoms with van der Waals surface area (Å²) in [6.45, 7) is 3.92. The summed E-state index contributed by atoms with van der Waals surface area (Å²) in [7, 11) is 0. The van der Waals surface area contributed by atoms with Gasteiger partial charge in [-0.1, -0.05) is 0 Å². The number of aromatic amines is 1. The minimum Gasteiger partial charge on any atom is -0.467 e. The number of carbonyl (C=O) groups excluding carboxylic acids is 2. The first-order chi connectivity index (χ1) is 9.58. The van der Waals surface area contributed by atoms with E-state index in [1.54, 1.807) is 12.1 Å². The standard InChI is InChI=1S/C13H16N4O3/c1-8(2)17-13(19)11-10(15-7-16-11)12(18)14-6-9-4-3-5-20-9/h3-5,7-8H,6H2,1-2H3,(H,14,18)(H,15,16)(H,17,19). The minimum atomic E-state index is -0.409. The molecule has 2 aromatic heterocycles. The van der Waals surface area contributed by atoms with Crippen molar-refractivity contribution >= 4 is 11.8 Å². The molecular formula is C13H16N4O3. The molecule has 7 nitrogen and oxygen atoms in total. The van der Waals surface area contributed by atoms with Gasteiger partial charge in [0.2, 0.25) is 0 Å². The third-order valence-corrected chi connectivity index (χ3v) is 2.50. The number of hydrogen-bond donors (Lipinski definition) is 3. The first-order valence-electron chi connectivity index (χ1n) is 6.22. The molecule has 0 fully saturated rings. The Kier molecular flexibility index (Phi) is 4.19. The number of nitrogens with one attached hydrogen (secondary N) is 3. The molecule has 0 saturated carbocycles. The molecule has 0 aliphatic heterocycles. The minimum absolute atomic E-state index is 0.0294. The number of carbonyl (C=O) groups is 2. The summed E-state index contributed by atoms with van der Waals surface area (Å²) in [5, 5.41) is 5.34. The second-order valence-corrected chi connectivity index (χ2v) is 4.52. The van der Waals surface area contributed by atoms with Gasteiger partial charge in [-0.25, -0.2) is 4.98 Å². The number of amides is 2. The number of hydrogen-bond acceptors (Lipinski definition) is 4. The normalized spacial score (nSPS) is 10.6. The Balaban J connectivity index is 2.03. The van der Waals surface area contributed by atoms with E-state index in [0.717, 1.165) is 0 Å². The SMILES string of the molecule is CC(C)NC(=O)c1nc[nH]c1C(=O)NCc1ccco1. The zero-order chi connectivity index (χ0) is 14.5. The Hall–Kier alpha value is -2.57. The van der Waals surface area contributed by atoms with E-state index in [-0.39, 0.29) is 29.9 Å². The van der Waals surface area contributed by atoms with Gasteiger partial charge < -0.3 is 20.0 Å². The van der Waals surface area contributed by atoms with Crippen LogP contribution in [-0.4, -0.2) is 27.8 Å². The smallest absolute Gasteiger partial charge is 0.272 e. The van der Waals surface area contributed by atoms with Crippen LogP contribution in [0.5, 0.6) is 0 Å². The number of nitrogens with zero attached hydrogens (tertiary/aromatic N) is 1. The lowest BCUT2D eigenvalue weighted by Crippen LogP contribution is -2.33. The highest BCUT2D eigenvalue weighted by Gasteiger charge is 2.20. The molecule has 0 saturated heterocycles. The molecular weight excluding hydrogens is 260 g/mol. The average molecular weight is 276 g/mol. The Morgan fingerprint density at radius 3 is 2.85 bits per heavy atom. The summed E-state index contributed by atoms with van der Waals surface area (Å²) in [5.41, 5.74) is 0.213. The van der Waals surface area contributed by atoms with Gasteiger partial charge in [-0.05, 0) is 26.0 Å². The lowest BCUT2D eigenvalue weighted by Gasteiger charge is -2.08. The van der Waals surface area contributed by atoms with Gasteiger partial charge in [-0.15, -0.1) is 0 Å². The van der Waals surface area contributed by atoms with Crippen LogP contribution >= 0.6 is 0 Å². The molecule has 0 spiro atoms. The quantitative estimate of drug-likeness (QED) is 0.760. The summed E-state index contributed by atoms with van der Waals surface area (Å²) in [4.78, 5) is 30.4. The summed E-state index contributed by atoms with van der Waals surface area (Å²) in [6, 6.07) is 3.46. The fourth-order valence-electron chi connectivity index (χ4n) is 1.64. The topological polar surface area (TPSA) is 100 Å². The molecule has 0 atom stereocenters. The molecule has 7 heteroatoms. The van der Waals surface area contributed by atoms with Crippen LogP contribution in [0.4, 0.5) is 0 Å². The second-order valence-electron chi connectivity index (χ2n) is 4.52. The first-order valence-corrected chi connectivity index (χ1v) is 6.22. The average Bonchev–Trinajstić information content (AvgIpc) is 3.06. The van der Waals surface area contributed by atoms with Crippen molar-refractivity contribution in [3.8, 4) is 0 Å². The third kappa shape index (κ3) is 3.25. The van der Waals surface area contributed by atoms with Crippen molar-refractivity contribution < 1.29 is 14.0 Å². The predicted octanol–water partition coefficient (Wildman–Crippen LogP) is 1.07. The lowest BCUT2D eigenvalue weighted by molar-refractivity contribution is 0.0905. The maximum Gasteiger partial charge on any atom is 0.272 e. The fraction of sp³-hybridized carbons (Fsp3) is 0.308. The Labute approximate surface area is 115 Å². The number of rotatable bonds is 5. The van der Waals surface area contributed by atoms with Gasteiger partial charge in [0, 0.05) is 6.04 Å². The maximum absolute atomic E-state index is 12.0. The Bertz CT molecular complexity index is 587. The summed E-state index contributed by atoms with van der Waals surface area (Å²) in [5.74, 6) is -0.164. The van der Waals surface area contributed by atoms with Crippen molar-refractivity contribution in [1.82, 2.24) is 20.6 Å². The molecule has 0 unspecified atom stereocenters. The molecule has 2 aromatic rings. The molecule has 0 bridgehead atoms. The van der Waals surface area contributed by atoms with E-state index in [1.807, 2.05) is 13.8 Å². The van der Waals surface area contributed by atoms with Crippen molar-refractivity contribution in [1.29, 1.82) is 0 Å². The van der Waals surface area contributed by atoms with Crippen LogP contribution < -0.4 is 10.6 Å². The van der Waals surface area contributed by atoms with Gasteiger partial charge in [-0.3, -0.25) is 9.59 Å². The molecule has 2 rings (SSSR count). The van der Waals surface area contributed by atoms with E-state index >= 15 is 0 Å². The van der Waals surface area contributed by atoms with E-state index in [9.17, 15) is 9.59 Å². The molecule has 2 amide bonds. The van der Waals surface area contributed by atoms with E-state index in [4.69, 9.17) is 4.42 Å². The Morgan fingerprint density at radius 2 is 2.20 bits per heavy atom. The Morgan fingerprint density at radius 1 is 1.40 bits per heavy atom. The highest BCUT2D eigenvalue weighted by molar-refractivity contribution is 6.04. The zero-order valence-electron chi connectivity index (χ0n) is 11.3. The maximum atomic E-state index is 12.0. The van der Waals surface area contributed by atoms with Crippen molar-refractivity contribution in [3.05, 3.63) is 41.9 Å². The van der Waals surface area contributed by atoms with Crippen LogP contribution in [0.1, 0.15) is 40.6 Å². The molecule has 0 aliphatic rings. The van der Waals surface area contributed by atoms with Crippen molar-refractivity contribution in [3.63, 3.8) is 0 Å². The highest BCUT2D eigenvalue weighted by Crippen LogP contribution is 2.05.